The zero-order chi connectivity index (χ0) is 14.4. The van der Waals surface area contributed by atoms with Gasteiger partial charge in [-0.25, -0.2) is 0 Å². The van der Waals surface area contributed by atoms with E-state index in [-0.39, 0.29) is 0 Å². The molecule has 1 unspecified atom stereocenters. The third-order valence-electron chi connectivity index (χ3n) is 3.66. The van der Waals surface area contributed by atoms with Crippen LogP contribution in [0.4, 0.5) is 0 Å². The number of hydrogen-bond acceptors (Lipinski definition) is 3. The molecule has 112 valence electrons. The van der Waals surface area contributed by atoms with E-state index >= 15 is 0 Å². The first-order chi connectivity index (χ1) is 9.70. The summed E-state index contributed by atoms with van der Waals surface area (Å²) in [5.74, 6) is 0.589. The van der Waals surface area contributed by atoms with Gasteiger partial charge in [-0.15, -0.1) is 0 Å². The molecule has 1 atom stereocenters. The van der Waals surface area contributed by atoms with E-state index in [4.69, 9.17) is 27.9 Å². The van der Waals surface area contributed by atoms with Crippen molar-refractivity contribution in [3.05, 3.63) is 28.2 Å². The number of para-hydroxylation sites is 1. The molecule has 1 fully saturated rings. The minimum absolute atomic E-state index is 0.568. The third kappa shape index (κ3) is 4.52. The quantitative estimate of drug-likeness (QED) is 0.834. The van der Waals surface area contributed by atoms with Gasteiger partial charge >= 0.3 is 0 Å². The normalized spacial score (nSPS) is 18.7. The lowest BCUT2D eigenvalue weighted by atomic mass is 10.2. The van der Waals surface area contributed by atoms with Gasteiger partial charge in [-0.3, -0.25) is 4.90 Å². The highest BCUT2D eigenvalue weighted by Crippen LogP contribution is 2.32. The van der Waals surface area contributed by atoms with Crippen molar-refractivity contribution in [2.75, 3.05) is 32.8 Å². The Balaban J connectivity index is 1.78. The summed E-state index contributed by atoms with van der Waals surface area (Å²) in [5, 5.41) is 4.66. The van der Waals surface area contributed by atoms with Crippen LogP contribution in [0, 0.1) is 0 Å². The number of hydrogen-bond donors (Lipinski definition) is 1. The molecule has 0 amide bonds. The second kappa shape index (κ2) is 8.08. The average molecular weight is 317 g/mol. The van der Waals surface area contributed by atoms with Gasteiger partial charge in [0.1, 0.15) is 6.61 Å². The Bertz CT molecular complexity index is 402. The Morgan fingerprint density at radius 1 is 1.35 bits per heavy atom. The summed E-state index contributed by atoms with van der Waals surface area (Å²) in [4.78, 5) is 2.40. The van der Waals surface area contributed by atoms with E-state index in [9.17, 15) is 0 Å². The van der Waals surface area contributed by atoms with E-state index in [0.717, 1.165) is 26.2 Å². The summed E-state index contributed by atoms with van der Waals surface area (Å²) in [7, 11) is 0. The van der Waals surface area contributed by atoms with Crippen molar-refractivity contribution in [2.24, 2.45) is 0 Å². The molecule has 2 rings (SSSR count). The van der Waals surface area contributed by atoms with Crippen LogP contribution in [0.15, 0.2) is 18.2 Å². The summed E-state index contributed by atoms with van der Waals surface area (Å²) in [6, 6.07) is 6.03. The fourth-order valence-corrected chi connectivity index (χ4v) is 3.01. The topological polar surface area (TPSA) is 24.5 Å². The van der Waals surface area contributed by atoms with Crippen LogP contribution in [-0.4, -0.2) is 43.7 Å². The van der Waals surface area contributed by atoms with Gasteiger partial charge in [0.05, 0.1) is 10.0 Å². The first kappa shape index (κ1) is 15.9. The first-order valence-electron chi connectivity index (χ1n) is 7.23. The molecule has 1 saturated heterocycles. The molecule has 1 heterocycles. The predicted octanol–water partition coefficient (Wildman–Crippen LogP) is 3.45. The van der Waals surface area contributed by atoms with Crippen molar-refractivity contribution in [1.82, 2.24) is 10.2 Å². The van der Waals surface area contributed by atoms with Crippen molar-refractivity contribution in [2.45, 2.75) is 25.8 Å². The number of likely N-dealkylation sites (N-methyl/N-ethyl adjacent to an activating group) is 1. The molecule has 0 aromatic heterocycles. The van der Waals surface area contributed by atoms with E-state index in [1.807, 2.05) is 6.07 Å². The Kier molecular flexibility index (Phi) is 6.43. The van der Waals surface area contributed by atoms with Crippen molar-refractivity contribution in [1.29, 1.82) is 0 Å². The van der Waals surface area contributed by atoms with Crippen LogP contribution in [0.3, 0.4) is 0 Å². The minimum Gasteiger partial charge on any atom is -0.489 e. The molecule has 5 heteroatoms. The molecule has 0 saturated carbocycles. The maximum Gasteiger partial charge on any atom is 0.156 e. The van der Waals surface area contributed by atoms with E-state index in [1.165, 1.54) is 12.8 Å². The van der Waals surface area contributed by atoms with Crippen LogP contribution in [0.2, 0.25) is 10.0 Å². The van der Waals surface area contributed by atoms with E-state index < -0.39 is 0 Å². The van der Waals surface area contributed by atoms with Crippen LogP contribution >= 0.6 is 23.2 Å². The number of ether oxygens (including phenoxy) is 1. The lowest BCUT2D eigenvalue weighted by molar-refractivity contribution is 0.203. The van der Waals surface area contributed by atoms with Gasteiger partial charge in [-0.05, 0) is 38.1 Å². The maximum absolute atomic E-state index is 6.08. The fourth-order valence-electron chi connectivity index (χ4n) is 2.50. The SMILES string of the molecule is CCN(CCOc1c(Cl)cccc1Cl)CC1CCCN1. The molecule has 3 nitrogen and oxygen atoms in total. The number of rotatable bonds is 7. The molecule has 1 aromatic carbocycles. The second-order valence-electron chi connectivity index (χ2n) is 5.09. The average Bonchev–Trinajstić information content (AvgIpc) is 2.93. The number of nitrogens with zero attached hydrogens (tertiary/aromatic N) is 1. The standard InChI is InChI=1S/C15H22Cl2N2O/c1-2-19(11-12-5-4-8-18-12)9-10-20-15-13(16)6-3-7-14(15)17/h3,6-7,12,18H,2,4-5,8-11H2,1H3. The second-order valence-corrected chi connectivity index (χ2v) is 5.90. The largest absolute Gasteiger partial charge is 0.489 e. The molecule has 0 bridgehead atoms. The van der Waals surface area contributed by atoms with E-state index in [2.05, 4.69) is 17.1 Å². The zero-order valence-corrected chi connectivity index (χ0v) is 13.4. The van der Waals surface area contributed by atoms with Gasteiger partial charge in [-0.2, -0.15) is 0 Å². The Labute approximate surface area is 131 Å². The first-order valence-corrected chi connectivity index (χ1v) is 7.99. The summed E-state index contributed by atoms with van der Waals surface area (Å²) in [6.07, 6.45) is 2.56. The Hall–Kier alpha value is -0.480. The predicted molar refractivity (Wildman–Crippen MR) is 85.1 cm³/mol. The van der Waals surface area contributed by atoms with Crippen molar-refractivity contribution >= 4 is 23.2 Å². The Morgan fingerprint density at radius 3 is 2.70 bits per heavy atom. The smallest absolute Gasteiger partial charge is 0.156 e. The highest BCUT2D eigenvalue weighted by Gasteiger charge is 2.17. The Morgan fingerprint density at radius 2 is 2.10 bits per heavy atom. The fraction of sp³-hybridized carbons (Fsp3) is 0.600. The third-order valence-corrected chi connectivity index (χ3v) is 4.26. The van der Waals surface area contributed by atoms with Crippen molar-refractivity contribution in [3.63, 3.8) is 0 Å². The molecule has 1 aliphatic rings. The zero-order valence-electron chi connectivity index (χ0n) is 11.9. The lowest BCUT2D eigenvalue weighted by Gasteiger charge is -2.24. The van der Waals surface area contributed by atoms with E-state index in [1.54, 1.807) is 12.1 Å². The highest BCUT2D eigenvalue weighted by molar-refractivity contribution is 6.37. The van der Waals surface area contributed by atoms with Crippen molar-refractivity contribution in [3.8, 4) is 5.75 Å². The minimum atomic E-state index is 0.568. The van der Waals surface area contributed by atoms with E-state index in [0.29, 0.717) is 28.4 Å². The molecule has 20 heavy (non-hydrogen) atoms. The molecule has 1 aliphatic heterocycles. The number of halogens is 2. The van der Waals surface area contributed by atoms with Gasteiger partial charge in [0, 0.05) is 19.1 Å². The molecule has 0 radical (unpaired) electrons. The summed E-state index contributed by atoms with van der Waals surface area (Å²) < 4.78 is 5.74. The molecule has 0 aliphatic carbocycles. The van der Waals surface area contributed by atoms with Crippen LogP contribution in [0.5, 0.6) is 5.75 Å². The summed E-state index contributed by atoms with van der Waals surface area (Å²) in [5.41, 5.74) is 0. The summed E-state index contributed by atoms with van der Waals surface area (Å²) >= 11 is 12.2. The monoisotopic (exact) mass is 316 g/mol. The lowest BCUT2D eigenvalue weighted by Crippen LogP contribution is -2.39. The van der Waals surface area contributed by atoms with Gasteiger partial charge in [0.2, 0.25) is 0 Å². The van der Waals surface area contributed by atoms with Gasteiger partial charge in [0.15, 0.2) is 5.75 Å². The number of nitrogens with one attached hydrogen (secondary N) is 1. The van der Waals surface area contributed by atoms with Crippen LogP contribution in [0.25, 0.3) is 0 Å². The maximum atomic E-state index is 6.08. The molecular formula is C15H22Cl2N2O. The molecule has 1 aromatic rings. The molecule has 0 spiro atoms. The van der Waals surface area contributed by atoms with Crippen LogP contribution < -0.4 is 10.1 Å². The number of benzene rings is 1. The molecular weight excluding hydrogens is 295 g/mol. The highest BCUT2D eigenvalue weighted by atomic mass is 35.5. The van der Waals surface area contributed by atoms with Crippen LogP contribution in [0.1, 0.15) is 19.8 Å². The summed E-state index contributed by atoms with van der Waals surface area (Å²) in [6.45, 7) is 6.92. The van der Waals surface area contributed by atoms with Crippen molar-refractivity contribution < 1.29 is 4.74 Å². The van der Waals surface area contributed by atoms with Crippen LogP contribution in [-0.2, 0) is 0 Å². The molecule has 1 N–H and O–H groups in total. The van der Waals surface area contributed by atoms with Gasteiger partial charge in [-0.1, -0.05) is 36.2 Å². The van der Waals surface area contributed by atoms with Gasteiger partial charge < -0.3 is 10.1 Å². The van der Waals surface area contributed by atoms with Gasteiger partial charge in [0.25, 0.3) is 0 Å².